The van der Waals surface area contributed by atoms with Gasteiger partial charge in [0.2, 0.25) is 0 Å². The number of aliphatic hydroxyl groups is 1. The Morgan fingerprint density at radius 3 is 3.12 bits per heavy atom. The summed E-state index contributed by atoms with van der Waals surface area (Å²) in [6.07, 6.45) is 3.90. The van der Waals surface area contributed by atoms with Crippen molar-refractivity contribution < 1.29 is 5.11 Å². The van der Waals surface area contributed by atoms with E-state index in [1.807, 2.05) is 11.4 Å². The minimum atomic E-state index is 0.0984. The number of aromatic nitrogens is 2. The standard InChI is InChI=1S/C12H11ClN2OS/c13-11-7-14-15(8-11)9-12-10(4-6-17-12)3-1-2-5-16/h4,6-8,16H,2,5,9H2. The Kier molecular flexibility index (Phi) is 4.21. The maximum Gasteiger partial charge on any atom is 0.0785 e. The molecule has 0 aromatic carbocycles. The van der Waals surface area contributed by atoms with Crippen LogP contribution in [0.5, 0.6) is 0 Å². The van der Waals surface area contributed by atoms with Crippen molar-refractivity contribution in [2.75, 3.05) is 6.61 Å². The molecule has 0 bridgehead atoms. The minimum Gasteiger partial charge on any atom is -0.395 e. The molecule has 0 fully saturated rings. The number of thiophene rings is 1. The fourth-order valence-corrected chi connectivity index (χ4v) is 2.34. The first-order valence-electron chi connectivity index (χ1n) is 5.13. The number of nitrogens with zero attached hydrogens (tertiary/aromatic N) is 2. The molecule has 2 heterocycles. The molecular formula is C12H11ClN2OS. The van der Waals surface area contributed by atoms with Gasteiger partial charge in [-0.3, -0.25) is 4.68 Å². The Bertz CT molecular complexity index is 550. The molecule has 0 aliphatic rings. The van der Waals surface area contributed by atoms with Gasteiger partial charge in [0.1, 0.15) is 0 Å². The molecule has 0 amide bonds. The highest BCUT2D eigenvalue weighted by atomic mass is 35.5. The van der Waals surface area contributed by atoms with E-state index in [4.69, 9.17) is 16.7 Å². The first-order valence-corrected chi connectivity index (χ1v) is 6.39. The summed E-state index contributed by atoms with van der Waals surface area (Å²) < 4.78 is 1.78. The van der Waals surface area contributed by atoms with E-state index < -0.39 is 0 Å². The lowest BCUT2D eigenvalue weighted by molar-refractivity contribution is 0.305. The molecular weight excluding hydrogens is 256 g/mol. The Labute approximate surface area is 109 Å². The fourth-order valence-electron chi connectivity index (χ4n) is 1.36. The quantitative estimate of drug-likeness (QED) is 0.867. The van der Waals surface area contributed by atoms with Crippen LogP contribution in [0.1, 0.15) is 16.9 Å². The Hall–Kier alpha value is -1.28. The number of rotatable bonds is 3. The molecule has 3 nitrogen and oxygen atoms in total. The fraction of sp³-hybridized carbons (Fsp3) is 0.250. The molecule has 0 unspecified atom stereocenters. The van der Waals surface area contributed by atoms with Gasteiger partial charge in [-0.15, -0.1) is 11.3 Å². The Balaban J connectivity index is 2.12. The molecule has 0 spiro atoms. The maximum absolute atomic E-state index is 8.67. The lowest BCUT2D eigenvalue weighted by Crippen LogP contribution is -1.99. The van der Waals surface area contributed by atoms with E-state index in [1.165, 1.54) is 0 Å². The van der Waals surface area contributed by atoms with Crippen molar-refractivity contribution in [2.24, 2.45) is 0 Å². The third kappa shape index (κ3) is 3.34. The largest absolute Gasteiger partial charge is 0.395 e. The van der Waals surface area contributed by atoms with E-state index in [0.717, 1.165) is 10.4 Å². The van der Waals surface area contributed by atoms with Crippen molar-refractivity contribution in [3.63, 3.8) is 0 Å². The zero-order chi connectivity index (χ0) is 12.1. The highest BCUT2D eigenvalue weighted by Crippen LogP contribution is 2.17. The van der Waals surface area contributed by atoms with Crippen LogP contribution in [0.25, 0.3) is 0 Å². The van der Waals surface area contributed by atoms with Crippen LogP contribution in [0.15, 0.2) is 23.8 Å². The molecule has 2 aromatic heterocycles. The zero-order valence-electron chi connectivity index (χ0n) is 9.06. The number of hydrogen-bond acceptors (Lipinski definition) is 3. The van der Waals surface area contributed by atoms with Crippen molar-refractivity contribution in [1.29, 1.82) is 0 Å². The summed E-state index contributed by atoms with van der Waals surface area (Å²) in [5.74, 6) is 5.97. The molecule has 88 valence electrons. The maximum atomic E-state index is 8.67. The van der Waals surface area contributed by atoms with Gasteiger partial charge in [0.05, 0.1) is 24.4 Å². The number of aliphatic hydroxyl groups excluding tert-OH is 1. The second-order valence-corrected chi connectivity index (χ2v) is 4.83. The van der Waals surface area contributed by atoms with Crippen LogP contribution in [-0.4, -0.2) is 21.5 Å². The number of hydrogen-bond donors (Lipinski definition) is 1. The van der Waals surface area contributed by atoms with Crippen molar-refractivity contribution in [1.82, 2.24) is 9.78 Å². The molecule has 2 rings (SSSR count). The van der Waals surface area contributed by atoms with E-state index in [9.17, 15) is 0 Å². The predicted octanol–water partition coefficient (Wildman–Crippen LogP) is 2.38. The van der Waals surface area contributed by atoms with Gasteiger partial charge in [-0.2, -0.15) is 5.10 Å². The smallest absolute Gasteiger partial charge is 0.0785 e. The molecule has 0 saturated heterocycles. The van der Waals surface area contributed by atoms with Crippen molar-refractivity contribution >= 4 is 22.9 Å². The predicted molar refractivity (Wildman–Crippen MR) is 69.2 cm³/mol. The van der Waals surface area contributed by atoms with Gasteiger partial charge >= 0.3 is 0 Å². The van der Waals surface area contributed by atoms with E-state index in [-0.39, 0.29) is 6.61 Å². The Morgan fingerprint density at radius 2 is 2.41 bits per heavy atom. The monoisotopic (exact) mass is 266 g/mol. The van der Waals surface area contributed by atoms with Crippen LogP contribution in [0.4, 0.5) is 0 Å². The molecule has 1 N–H and O–H groups in total. The van der Waals surface area contributed by atoms with Crippen LogP contribution in [0, 0.1) is 11.8 Å². The summed E-state index contributed by atoms with van der Waals surface area (Å²) in [6, 6.07) is 1.98. The molecule has 2 aromatic rings. The van der Waals surface area contributed by atoms with Gasteiger partial charge in [-0.05, 0) is 11.4 Å². The molecule has 0 atom stereocenters. The summed E-state index contributed by atoms with van der Waals surface area (Å²) in [4.78, 5) is 1.15. The summed E-state index contributed by atoms with van der Waals surface area (Å²) in [5, 5.41) is 15.4. The molecule has 0 aliphatic heterocycles. The van der Waals surface area contributed by atoms with Crippen LogP contribution >= 0.6 is 22.9 Å². The average molecular weight is 267 g/mol. The van der Waals surface area contributed by atoms with Crippen LogP contribution in [0.3, 0.4) is 0 Å². The van der Waals surface area contributed by atoms with Crippen molar-refractivity contribution in [3.05, 3.63) is 39.3 Å². The SMILES string of the molecule is OCCC#Cc1ccsc1Cn1cc(Cl)cn1. The van der Waals surface area contributed by atoms with E-state index in [2.05, 4.69) is 16.9 Å². The average Bonchev–Trinajstić information content (AvgIpc) is 2.90. The normalized spacial score (nSPS) is 10.0. The third-order valence-corrected chi connectivity index (χ3v) is 3.21. The van der Waals surface area contributed by atoms with Crippen molar-refractivity contribution in [2.45, 2.75) is 13.0 Å². The van der Waals surface area contributed by atoms with Crippen LogP contribution in [-0.2, 0) is 6.54 Å². The van der Waals surface area contributed by atoms with Gasteiger partial charge in [-0.25, -0.2) is 0 Å². The summed E-state index contributed by atoms with van der Waals surface area (Å²) in [7, 11) is 0. The van der Waals surface area contributed by atoms with Gasteiger partial charge in [0.25, 0.3) is 0 Å². The second kappa shape index (κ2) is 5.87. The second-order valence-electron chi connectivity index (χ2n) is 3.39. The topological polar surface area (TPSA) is 38.0 Å². The summed E-state index contributed by atoms with van der Waals surface area (Å²) >= 11 is 7.45. The van der Waals surface area contributed by atoms with Crippen molar-refractivity contribution in [3.8, 4) is 11.8 Å². The van der Waals surface area contributed by atoms with E-state index >= 15 is 0 Å². The van der Waals surface area contributed by atoms with Crippen LogP contribution in [0.2, 0.25) is 5.02 Å². The molecule has 0 saturated carbocycles. The lowest BCUT2D eigenvalue weighted by Gasteiger charge is -1.98. The van der Waals surface area contributed by atoms with Crippen LogP contribution < -0.4 is 0 Å². The van der Waals surface area contributed by atoms with E-state index in [0.29, 0.717) is 18.0 Å². The summed E-state index contributed by atoms with van der Waals surface area (Å²) in [5.41, 5.74) is 0.995. The van der Waals surface area contributed by atoms with Gasteiger partial charge in [-0.1, -0.05) is 23.4 Å². The molecule has 5 heteroatoms. The number of halogens is 1. The first kappa shape index (κ1) is 12.2. The summed E-state index contributed by atoms with van der Waals surface area (Å²) in [6.45, 7) is 0.773. The highest BCUT2D eigenvalue weighted by Gasteiger charge is 2.03. The first-order chi connectivity index (χ1) is 8.29. The minimum absolute atomic E-state index is 0.0984. The Morgan fingerprint density at radius 1 is 1.53 bits per heavy atom. The van der Waals surface area contributed by atoms with E-state index in [1.54, 1.807) is 28.4 Å². The third-order valence-electron chi connectivity index (χ3n) is 2.11. The van der Waals surface area contributed by atoms with Gasteiger partial charge in [0, 0.05) is 23.1 Å². The zero-order valence-corrected chi connectivity index (χ0v) is 10.6. The highest BCUT2D eigenvalue weighted by molar-refractivity contribution is 7.10. The lowest BCUT2D eigenvalue weighted by atomic mass is 10.2. The molecule has 17 heavy (non-hydrogen) atoms. The molecule has 0 radical (unpaired) electrons. The van der Waals surface area contributed by atoms with Gasteiger partial charge < -0.3 is 5.11 Å². The molecule has 0 aliphatic carbocycles. The van der Waals surface area contributed by atoms with Gasteiger partial charge in [0.15, 0.2) is 0 Å².